The van der Waals surface area contributed by atoms with E-state index in [0.29, 0.717) is 18.9 Å². The number of amides is 1. The molecule has 6 nitrogen and oxygen atoms in total. The van der Waals surface area contributed by atoms with Crippen LogP contribution in [0.2, 0.25) is 0 Å². The van der Waals surface area contributed by atoms with Crippen LogP contribution in [-0.2, 0) is 16.0 Å². The van der Waals surface area contributed by atoms with Crippen LogP contribution in [0.5, 0.6) is 0 Å². The summed E-state index contributed by atoms with van der Waals surface area (Å²) in [5.74, 6) is -0.287. The summed E-state index contributed by atoms with van der Waals surface area (Å²) in [6.45, 7) is 5.91. The van der Waals surface area contributed by atoms with Gasteiger partial charge < -0.3 is 20.3 Å². The Labute approximate surface area is 193 Å². The summed E-state index contributed by atoms with van der Waals surface area (Å²) in [5, 5.41) is 24.1. The molecule has 2 fully saturated rings. The molecule has 1 aromatic carbocycles. The SMILES string of the molecule is C=O.CC(O)CC(CCc1ccccc1)C(=O)NC1CC(C)N(C2CCCCCC2)C1O. The topological polar surface area (TPSA) is 89.9 Å². The number of carbonyl (C=O) groups is 2. The van der Waals surface area contributed by atoms with Crippen LogP contribution in [0.1, 0.15) is 77.2 Å². The number of aryl methyl sites for hydroxylation is 1. The van der Waals surface area contributed by atoms with E-state index < -0.39 is 12.3 Å². The highest BCUT2D eigenvalue weighted by Gasteiger charge is 2.42. The van der Waals surface area contributed by atoms with Gasteiger partial charge in [0.25, 0.3) is 0 Å². The Morgan fingerprint density at radius 2 is 1.78 bits per heavy atom. The molecule has 1 aromatic rings. The summed E-state index contributed by atoms with van der Waals surface area (Å²) in [6.07, 6.45) is 8.92. The fourth-order valence-electron chi connectivity index (χ4n) is 5.40. The Kier molecular flexibility index (Phi) is 11.4. The molecule has 0 radical (unpaired) electrons. The molecule has 0 aromatic heterocycles. The largest absolute Gasteiger partial charge is 0.393 e. The zero-order chi connectivity index (χ0) is 23.5. The number of nitrogens with one attached hydrogen (secondary N) is 1. The molecule has 1 saturated carbocycles. The maximum atomic E-state index is 13.1. The van der Waals surface area contributed by atoms with Gasteiger partial charge in [0, 0.05) is 18.0 Å². The number of hydrogen-bond acceptors (Lipinski definition) is 5. The summed E-state index contributed by atoms with van der Waals surface area (Å²) in [4.78, 5) is 23.3. The molecule has 1 aliphatic heterocycles. The van der Waals surface area contributed by atoms with E-state index in [9.17, 15) is 15.0 Å². The summed E-state index contributed by atoms with van der Waals surface area (Å²) >= 11 is 0. The van der Waals surface area contributed by atoms with Crippen molar-refractivity contribution in [3.8, 4) is 0 Å². The van der Waals surface area contributed by atoms with Crippen LogP contribution in [0.15, 0.2) is 30.3 Å². The molecule has 0 bridgehead atoms. The molecular weight excluding hydrogens is 404 g/mol. The second-order valence-electron chi connectivity index (χ2n) is 9.51. The molecule has 0 spiro atoms. The Hall–Kier alpha value is -1.76. The number of likely N-dealkylation sites (tertiary alicyclic amines) is 1. The van der Waals surface area contributed by atoms with Crippen molar-refractivity contribution in [3.63, 3.8) is 0 Å². The van der Waals surface area contributed by atoms with Gasteiger partial charge in [0.05, 0.1) is 12.1 Å². The van der Waals surface area contributed by atoms with Crippen molar-refractivity contribution in [2.24, 2.45) is 5.92 Å². The molecule has 5 unspecified atom stereocenters. The van der Waals surface area contributed by atoms with Crippen molar-refractivity contribution in [1.82, 2.24) is 10.2 Å². The fraction of sp³-hybridized carbons (Fsp3) is 0.692. The molecule has 3 N–H and O–H groups in total. The van der Waals surface area contributed by atoms with Crippen LogP contribution in [0.4, 0.5) is 0 Å². The average Bonchev–Trinajstić information content (AvgIpc) is 2.95. The van der Waals surface area contributed by atoms with E-state index >= 15 is 0 Å². The molecule has 32 heavy (non-hydrogen) atoms. The third-order valence-electron chi connectivity index (χ3n) is 6.96. The minimum atomic E-state index is -0.617. The number of carbonyl (C=O) groups excluding carboxylic acids is 2. The summed E-state index contributed by atoms with van der Waals surface area (Å²) in [5.41, 5.74) is 1.20. The van der Waals surface area contributed by atoms with Crippen LogP contribution < -0.4 is 5.32 Å². The number of aliphatic hydroxyl groups excluding tert-OH is 2. The molecule has 2 aliphatic rings. The fourth-order valence-corrected chi connectivity index (χ4v) is 5.40. The van der Waals surface area contributed by atoms with Crippen molar-refractivity contribution >= 4 is 12.7 Å². The van der Waals surface area contributed by atoms with Crippen molar-refractivity contribution in [2.45, 2.75) is 109 Å². The maximum absolute atomic E-state index is 13.1. The second-order valence-corrected chi connectivity index (χ2v) is 9.51. The number of hydrogen-bond donors (Lipinski definition) is 3. The third kappa shape index (κ3) is 7.68. The molecule has 1 aliphatic carbocycles. The highest BCUT2D eigenvalue weighted by molar-refractivity contribution is 5.79. The van der Waals surface area contributed by atoms with E-state index in [1.807, 2.05) is 25.0 Å². The first kappa shape index (κ1) is 26.5. The molecule has 5 atom stereocenters. The highest BCUT2D eigenvalue weighted by atomic mass is 16.3. The molecule has 180 valence electrons. The maximum Gasteiger partial charge on any atom is 0.223 e. The summed E-state index contributed by atoms with van der Waals surface area (Å²) < 4.78 is 0. The Balaban J connectivity index is 0.00000176. The minimum Gasteiger partial charge on any atom is -0.393 e. The number of aliphatic hydroxyl groups is 2. The van der Waals surface area contributed by atoms with Gasteiger partial charge in [0.1, 0.15) is 13.0 Å². The van der Waals surface area contributed by atoms with Gasteiger partial charge in [-0.25, -0.2) is 0 Å². The first-order valence-corrected chi connectivity index (χ1v) is 12.2. The van der Waals surface area contributed by atoms with Crippen LogP contribution in [0, 0.1) is 5.92 Å². The average molecular weight is 447 g/mol. The zero-order valence-corrected chi connectivity index (χ0v) is 19.8. The first-order chi connectivity index (χ1) is 15.5. The number of nitrogens with zero attached hydrogens (tertiary/aromatic N) is 1. The van der Waals surface area contributed by atoms with Crippen molar-refractivity contribution < 1.29 is 19.8 Å². The zero-order valence-electron chi connectivity index (χ0n) is 19.8. The summed E-state index contributed by atoms with van der Waals surface area (Å²) in [6, 6.07) is 10.6. The quantitative estimate of drug-likeness (QED) is 0.532. The van der Waals surface area contributed by atoms with Gasteiger partial charge in [-0.1, -0.05) is 56.0 Å². The van der Waals surface area contributed by atoms with Gasteiger partial charge >= 0.3 is 0 Å². The molecule has 1 saturated heterocycles. The van der Waals surface area contributed by atoms with Gasteiger partial charge in [-0.3, -0.25) is 9.69 Å². The molecule has 1 heterocycles. The van der Waals surface area contributed by atoms with E-state index in [4.69, 9.17) is 4.79 Å². The first-order valence-electron chi connectivity index (χ1n) is 12.2. The predicted octanol–water partition coefficient (Wildman–Crippen LogP) is 3.44. The third-order valence-corrected chi connectivity index (χ3v) is 6.96. The standard InChI is InChI=1S/C25H40N2O3.CH2O/c1-18-16-23(25(30)27(18)22-12-8-3-4-9-13-22)26-24(29)21(17-19(2)28)15-14-20-10-6-5-7-11-20;1-2/h5-7,10-11,18-19,21-23,25,28,30H,3-4,8-9,12-17H2,1-2H3,(H,26,29);1H2. The smallest absolute Gasteiger partial charge is 0.223 e. The highest BCUT2D eigenvalue weighted by Crippen LogP contribution is 2.32. The lowest BCUT2D eigenvalue weighted by atomic mass is 9.93. The van der Waals surface area contributed by atoms with Crippen molar-refractivity contribution in [1.29, 1.82) is 0 Å². The van der Waals surface area contributed by atoms with Crippen LogP contribution >= 0.6 is 0 Å². The van der Waals surface area contributed by atoms with Crippen molar-refractivity contribution in [3.05, 3.63) is 35.9 Å². The predicted molar refractivity (Wildman–Crippen MR) is 127 cm³/mol. The second kappa shape index (κ2) is 13.7. The van der Waals surface area contributed by atoms with Gasteiger partial charge in [-0.05, 0) is 57.9 Å². The Morgan fingerprint density at radius 3 is 2.38 bits per heavy atom. The molecule has 6 heteroatoms. The minimum absolute atomic E-state index is 0.0363. The van der Waals surface area contributed by atoms with Crippen LogP contribution in [0.25, 0.3) is 0 Å². The molecule has 3 rings (SSSR count). The van der Waals surface area contributed by atoms with Gasteiger partial charge in [-0.2, -0.15) is 0 Å². The van der Waals surface area contributed by atoms with E-state index in [2.05, 4.69) is 29.3 Å². The molecule has 1 amide bonds. The lowest BCUT2D eigenvalue weighted by Crippen LogP contribution is -2.50. The Morgan fingerprint density at radius 1 is 1.16 bits per heavy atom. The van der Waals surface area contributed by atoms with Crippen molar-refractivity contribution in [2.75, 3.05) is 0 Å². The van der Waals surface area contributed by atoms with E-state index in [1.165, 1.54) is 31.2 Å². The van der Waals surface area contributed by atoms with E-state index in [1.54, 1.807) is 6.92 Å². The van der Waals surface area contributed by atoms with Gasteiger partial charge in [-0.15, -0.1) is 0 Å². The van der Waals surface area contributed by atoms with E-state index in [0.717, 1.165) is 25.7 Å². The number of rotatable bonds is 8. The lowest BCUT2D eigenvalue weighted by molar-refractivity contribution is -0.128. The van der Waals surface area contributed by atoms with Gasteiger partial charge in [0.15, 0.2) is 0 Å². The number of benzene rings is 1. The summed E-state index contributed by atoms with van der Waals surface area (Å²) in [7, 11) is 0. The van der Waals surface area contributed by atoms with Crippen LogP contribution in [0.3, 0.4) is 0 Å². The van der Waals surface area contributed by atoms with Crippen LogP contribution in [-0.4, -0.2) is 58.3 Å². The monoisotopic (exact) mass is 446 g/mol. The Bertz CT molecular complexity index is 661. The van der Waals surface area contributed by atoms with Gasteiger partial charge in [0.2, 0.25) is 5.91 Å². The van der Waals surface area contributed by atoms with E-state index in [-0.39, 0.29) is 23.9 Å². The molecular formula is C26H42N2O4. The normalized spacial score (nSPS) is 26.4. The lowest BCUT2D eigenvalue weighted by Gasteiger charge is -2.34.